The van der Waals surface area contributed by atoms with E-state index in [-0.39, 0.29) is 12.2 Å². The van der Waals surface area contributed by atoms with Gasteiger partial charge in [0.1, 0.15) is 5.69 Å². The summed E-state index contributed by atoms with van der Waals surface area (Å²) in [6.07, 6.45) is 8.69. The third-order valence-corrected chi connectivity index (χ3v) is 4.91. The third-order valence-electron chi connectivity index (χ3n) is 4.91. The molecule has 0 atom stereocenters. The van der Waals surface area contributed by atoms with E-state index < -0.39 is 5.91 Å². The van der Waals surface area contributed by atoms with Gasteiger partial charge < -0.3 is 4.74 Å². The molecule has 0 spiro atoms. The van der Waals surface area contributed by atoms with Crippen LogP contribution < -0.4 is 4.74 Å². The van der Waals surface area contributed by atoms with Gasteiger partial charge in [-0.15, -0.1) is 4.91 Å². The first-order chi connectivity index (χ1) is 13.2. The summed E-state index contributed by atoms with van der Waals surface area (Å²) in [4.78, 5) is 30.1. The van der Waals surface area contributed by atoms with Crippen LogP contribution in [0.25, 0.3) is 16.1 Å². The van der Waals surface area contributed by atoms with Gasteiger partial charge in [-0.25, -0.2) is 4.98 Å². The molecule has 0 radical (unpaired) electrons. The normalized spacial score (nSPS) is 14.7. The van der Waals surface area contributed by atoms with Crippen LogP contribution in [0.2, 0.25) is 0 Å². The van der Waals surface area contributed by atoms with E-state index in [4.69, 9.17) is 10.3 Å². The molecule has 142 valence electrons. The number of azide groups is 1. The van der Waals surface area contributed by atoms with Crippen molar-refractivity contribution in [3.8, 4) is 5.75 Å². The average Bonchev–Trinajstić information content (AvgIpc) is 3.08. The van der Waals surface area contributed by atoms with Crippen LogP contribution in [0.15, 0.2) is 28.6 Å². The first kappa shape index (κ1) is 18.8. The van der Waals surface area contributed by atoms with Gasteiger partial charge in [0.15, 0.2) is 11.4 Å². The lowest BCUT2D eigenvalue weighted by Crippen LogP contribution is -2.15. The van der Waals surface area contributed by atoms with Gasteiger partial charge in [-0.3, -0.25) is 9.20 Å². The highest BCUT2D eigenvalue weighted by atomic mass is 16.5. The molecule has 1 aliphatic carbocycles. The van der Waals surface area contributed by atoms with Crippen LogP contribution in [0.1, 0.15) is 54.7 Å². The van der Waals surface area contributed by atoms with E-state index in [0.717, 1.165) is 0 Å². The third kappa shape index (κ3) is 4.43. The number of amides is 1. The predicted molar refractivity (Wildman–Crippen MR) is 99.7 cm³/mol. The lowest BCUT2D eigenvalue weighted by molar-refractivity contribution is 0.0994. The van der Waals surface area contributed by atoms with Crippen molar-refractivity contribution in [2.24, 2.45) is 16.2 Å². The Morgan fingerprint density at radius 3 is 2.93 bits per heavy atom. The van der Waals surface area contributed by atoms with Crippen LogP contribution in [0.5, 0.6) is 5.75 Å². The van der Waals surface area contributed by atoms with E-state index in [2.05, 4.69) is 20.2 Å². The zero-order valence-corrected chi connectivity index (χ0v) is 15.1. The number of aromatic nitrogens is 2. The summed E-state index contributed by atoms with van der Waals surface area (Å²) in [5.74, 6) is 0.255. The van der Waals surface area contributed by atoms with Crippen LogP contribution in [0, 0.1) is 10.8 Å². The summed E-state index contributed by atoms with van der Waals surface area (Å²) in [6, 6.07) is 3.58. The number of hydrogen-bond donors (Lipinski definition) is 0. The molecule has 2 aromatic heterocycles. The molecule has 0 unspecified atom stereocenters. The van der Waals surface area contributed by atoms with Crippen LogP contribution in [0.3, 0.4) is 0 Å². The summed E-state index contributed by atoms with van der Waals surface area (Å²) in [5.41, 5.74) is 9.47. The minimum Gasteiger partial charge on any atom is -0.489 e. The van der Waals surface area contributed by atoms with Crippen molar-refractivity contribution in [1.82, 2.24) is 9.38 Å². The fourth-order valence-corrected chi connectivity index (χ4v) is 3.57. The maximum absolute atomic E-state index is 12.1. The monoisotopic (exact) mass is 370 g/mol. The van der Waals surface area contributed by atoms with Crippen molar-refractivity contribution >= 4 is 11.6 Å². The highest BCUT2D eigenvalue weighted by Crippen LogP contribution is 2.27. The molecule has 0 saturated heterocycles. The maximum atomic E-state index is 12.1. The van der Waals surface area contributed by atoms with Gasteiger partial charge in [0.2, 0.25) is 0 Å². The Bertz CT molecular complexity index is 865. The van der Waals surface area contributed by atoms with Gasteiger partial charge in [-0.2, -0.15) is 0 Å². The highest BCUT2D eigenvalue weighted by Gasteiger charge is 2.22. The Morgan fingerprint density at radius 2 is 2.19 bits per heavy atom. The number of rotatable bonds is 8. The molecular weight excluding hydrogens is 348 g/mol. The molecule has 9 heteroatoms. The molecule has 1 aliphatic rings. The Hall–Kier alpha value is -2.93. The van der Waals surface area contributed by atoms with E-state index in [1.54, 1.807) is 16.7 Å². The lowest BCUT2D eigenvalue weighted by atomic mass is 9.90. The van der Waals surface area contributed by atoms with Crippen LogP contribution in [0.4, 0.5) is 0 Å². The molecule has 0 aliphatic heterocycles. The number of fused-ring (bicyclic) bond motifs is 1. The van der Waals surface area contributed by atoms with Gasteiger partial charge in [-0.05, 0) is 49.3 Å². The molecule has 0 N–H and O–H groups in total. The standard InChI is InChI=1S/C18H22N6O3/c19-23-20-10-4-8-14-16(18(25)22-26)24-11-5-9-15(17(24)21-14)27-12-13-6-2-1-3-7-13/h5,9,11,13H,1-4,6-8,10,12H2. The number of hydrogen-bond acceptors (Lipinski definition) is 5. The Kier molecular flexibility index (Phi) is 6.38. The smallest absolute Gasteiger partial charge is 0.335 e. The van der Waals surface area contributed by atoms with Crippen molar-refractivity contribution in [1.29, 1.82) is 0 Å². The minimum atomic E-state index is -0.870. The average molecular weight is 370 g/mol. The quantitative estimate of drug-likeness (QED) is 0.224. The second kappa shape index (κ2) is 9.14. The zero-order valence-electron chi connectivity index (χ0n) is 15.1. The van der Waals surface area contributed by atoms with Crippen LogP contribution in [-0.2, 0) is 6.42 Å². The van der Waals surface area contributed by atoms with Crippen molar-refractivity contribution in [2.75, 3.05) is 13.2 Å². The van der Waals surface area contributed by atoms with Gasteiger partial charge in [-0.1, -0.05) is 24.4 Å². The summed E-state index contributed by atoms with van der Waals surface area (Å²) in [7, 11) is 0. The minimum absolute atomic E-state index is 0.143. The highest BCUT2D eigenvalue weighted by molar-refractivity contribution is 5.95. The maximum Gasteiger partial charge on any atom is 0.335 e. The molecule has 3 rings (SSSR count). The fourth-order valence-electron chi connectivity index (χ4n) is 3.57. The molecule has 1 fully saturated rings. The fraction of sp³-hybridized carbons (Fsp3) is 0.556. The summed E-state index contributed by atoms with van der Waals surface area (Å²) >= 11 is 0. The largest absolute Gasteiger partial charge is 0.489 e. The van der Waals surface area contributed by atoms with E-state index in [1.807, 2.05) is 6.07 Å². The van der Waals surface area contributed by atoms with Crippen molar-refractivity contribution in [3.05, 3.63) is 45.1 Å². The topological polar surface area (TPSA) is 122 Å². The van der Waals surface area contributed by atoms with Crippen LogP contribution in [-0.4, -0.2) is 28.4 Å². The molecule has 27 heavy (non-hydrogen) atoms. The van der Waals surface area contributed by atoms with Crippen molar-refractivity contribution < 1.29 is 9.53 Å². The summed E-state index contributed by atoms with van der Waals surface area (Å²) in [5, 5.41) is 6.05. The molecule has 0 bridgehead atoms. The number of nitroso groups, excluding NO2 is 1. The van der Waals surface area contributed by atoms with Crippen LogP contribution >= 0.6 is 0 Å². The Morgan fingerprint density at radius 1 is 1.37 bits per heavy atom. The molecule has 1 saturated carbocycles. The predicted octanol–water partition coefficient (Wildman–Crippen LogP) is 4.44. The van der Waals surface area contributed by atoms with E-state index in [0.29, 0.717) is 42.5 Å². The number of ether oxygens (including phenoxy) is 1. The lowest BCUT2D eigenvalue weighted by Gasteiger charge is -2.21. The van der Waals surface area contributed by atoms with Gasteiger partial charge >= 0.3 is 5.91 Å². The molecule has 9 nitrogen and oxygen atoms in total. The first-order valence-electron chi connectivity index (χ1n) is 9.26. The second-order valence-corrected chi connectivity index (χ2v) is 6.74. The van der Waals surface area contributed by atoms with Gasteiger partial charge in [0.05, 0.1) is 12.3 Å². The van der Waals surface area contributed by atoms with Crippen molar-refractivity contribution in [2.45, 2.75) is 44.9 Å². The SMILES string of the molecule is [N-]=[N+]=NCCCc1nc2c(OCC3CCCCC3)cccn2c1C(=O)N=O. The molecule has 2 aromatic rings. The molecule has 2 heterocycles. The number of nitrogens with zero attached hydrogens (tertiary/aromatic N) is 6. The Labute approximate surface area is 156 Å². The number of carbonyl (C=O) groups is 1. The van der Waals surface area contributed by atoms with E-state index in [9.17, 15) is 9.70 Å². The molecular formula is C18H22N6O3. The Balaban J connectivity index is 1.86. The van der Waals surface area contributed by atoms with E-state index >= 15 is 0 Å². The van der Waals surface area contributed by atoms with Gasteiger partial charge in [0.25, 0.3) is 0 Å². The molecule has 1 amide bonds. The first-order valence-corrected chi connectivity index (χ1v) is 9.26. The summed E-state index contributed by atoms with van der Waals surface area (Å²) in [6.45, 7) is 0.908. The summed E-state index contributed by atoms with van der Waals surface area (Å²) < 4.78 is 7.57. The number of imidazole rings is 1. The zero-order chi connectivity index (χ0) is 19.1. The number of aryl methyl sites for hydroxylation is 1. The van der Waals surface area contributed by atoms with Crippen molar-refractivity contribution in [3.63, 3.8) is 0 Å². The van der Waals surface area contributed by atoms with E-state index in [1.165, 1.54) is 32.1 Å². The number of carbonyl (C=O) groups excluding carboxylic acids is 1. The van der Waals surface area contributed by atoms with Gasteiger partial charge in [0, 0.05) is 22.8 Å². The molecule has 0 aromatic carbocycles. The number of pyridine rings is 1. The second-order valence-electron chi connectivity index (χ2n) is 6.74.